The maximum Gasteiger partial charge on any atom is 0.255 e. The highest BCUT2D eigenvalue weighted by atomic mass is 16.5. The molecule has 1 atom stereocenters. The Morgan fingerprint density at radius 3 is 2.75 bits per heavy atom. The molecule has 6 nitrogen and oxygen atoms in total. The molecule has 24 heavy (non-hydrogen) atoms. The van der Waals surface area contributed by atoms with Crippen LogP contribution in [-0.4, -0.2) is 79.0 Å². The lowest BCUT2D eigenvalue weighted by Gasteiger charge is -2.45. The number of para-hydroxylation sites is 1. The van der Waals surface area contributed by atoms with Gasteiger partial charge < -0.3 is 19.5 Å². The summed E-state index contributed by atoms with van der Waals surface area (Å²) in [5.41, 5.74) is -1.27. The Kier molecular flexibility index (Phi) is 5.38. The summed E-state index contributed by atoms with van der Waals surface area (Å²) in [4.78, 5) is 16.4. The third kappa shape index (κ3) is 3.88. The second kappa shape index (κ2) is 7.51. The van der Waals surface area contributed by atoms with Crippen molar-refractivity contribution in [1.82, 2.24) is 9.80 Å². The summed E-state index contributed by atoms with van der Waals surface area (Å²) in [6, 6.07) is 9.73. The van der Waals surface area contributed by atoms with E-state index < -0.39 is 5.60 Å². The number of carbonyl (C=O) groups excluding carboxylic acids is 1. The van der Waals surface area contributed by atoms with Gasteiger partial charge in [0.2, 0.25) is 0 Å². The molecule has 0 bridgehead atoms. The highest BCUT2D eigenvalue weighted by Crippen LogP contribution is 2.26. The van der Waals surface area contributed by atoms with Crippen LogP contribution in [0.3, 0.4) is 0 Å². The molecule has 132 valence electrons. The van der Waals surface area contributed by atoms with E-state index in [1.165, 1.54) is 0 Å². The fourth-order valence-corrected chi connectivity index (χ4v) is 3.41. The lowest BCUT2D eigenvalue weighted by molar-refractivity contribution is -0.163. The van der Waals surface area contributed by atoms with Crippen LogP contribution < -0.4 is 4.74 Å². The van der Waals surface area contributed by atoms with E-state index in [1.54, 1.807) is 12.0 Å². The minimum absolute atomic E-state index is 0.124. The number of hydrogen-bond acceptors (Lipinski definition) is 5. The Labute approximate surface area is 143 Å². The molecule has 0 unspecified atom stereocenters. The van der Waals surface area contributed by atoms with E-state index in [4.69, 9.17) is 9.47 Å². The van der Waals surface area contributed by atoms with Crippen molar-refractivity contribution in [1.29, 1.82) is 0 Å². The molecular formula is C18H26N2O4. The highest BCUT2D eigenvalue weighted by Gasteiger charge is 2.45. The number of amides is 1. The van der Waals surface area contributed by atoms with E-state index in [-0.39, 0.29) is 12.0 Å². The normalized spacial score (nSPS) is 25.6. The van der Waals surface area contributed by atoms with Gasteiger partial charge in [-0.05, 0) is 25.0 Å². The number of β-amino-alcohol motifs (C(OH)–C–C–N with tert-alkyl or cyclic N) is 1. The fraction of sp³-hybridized carbons (Fsp3) is 0.611. The lowest BCUT2D eigenvalue weighted by Crippen LogP contribution is -2.64. The van der Waals surface area contributed by atoms with Gasteiger partial charge in [-0.3, -0.25) is 9.69 Å². The third-order valence-electron chi connectivity index (χ3n) is 4.72. The topological polar surface area (TPSA) is 62.2 Å². The van der Waals surface area contributed by atoms with Crippen LogP contribution in [0.2, 0.25) is 0 Å². The molecular weight excluding hydrogens is 308 g/mol. The monoisotopic (exact) mass is 334 g/mol. The fourth-order valence-electron chi connectivity index (χ4n) is 3.41. The summed E-state index contributed by atoms with van der Waals surface area (Å²) in [6.07, 6.45) is 1.47. The van der Waals surface area contributed by atoms with Crippen molar-refractivity contribution in [2.24, 2.45) is 0 Å². The number of carbonyl (C=O) groups is 1. The van der Waals surface area contributed by atoms with E-state index in [1.807, 2.05) is 30.3 Å². The molecule has 0 aliphatic carbocycles. The Balaban J connectivity index is 1.48. The maximum atomic E-state index is 12.6. The molecule has 1 aromatic carbocycles. The largest absolute Gasteiger partial charge is 0.488 e. The van der Waals surface area contributed by atoms with Crippen LogP contribution in [-0.2, 0) is 9.53 Å². The number of likely N-dealkylation sites (tertiary alicyclic amines) is 2. The Morgan fingerprint density at radius 1 is 1.29 bits per heavy atom. The molecule has 3 rings (SSSR count). The minimum atomic E-state index is -1.27. The molecule has 0 aromatic heterocycles. The van der Waals surface area contributed by atoms with Gasteiger partial charge in [-0.1, -0.05) is 18.2 Å². The van der Waals surface area contributed by atoms with E-state index in [9.17, 15) is 9.90 Å². The average molecular weight is 334 g/mol. The molecule has 0 spiro atoms. The number of nitrogens with zero attached hydrogens (tertiary/aromatic N) is 2. The maximum absolute atomic E-state index is 12.6. The predicted molar refractivity (Wildman–Crippen MR) is 89.9 cm³/mol. The van der Waals surface area contributed by atoms with E-state index in [2.05, 4.69) is 4.90 Å². The van der Waals surface area contributed by atoms with Crippen molar-refractivity contribution < 1.29 is 19.4 Å². The molecule has 0 saturated carbocycles. The Morgan fingerprint density at radius 2 is 2.04 bits per heavy atom. The van der Waals surface area contributed by atoms with Crippen molar-refractivity contribution in [2.45, 2.75) is 24.5 Å². The number of aliphatic hydroxyl groups is 1. The number of ether oxygens (including phenoxy) is 2. The van der Waals surface area contributed by atoms with Crippen LogP contribution >= 0.6 is 0 Å². The summed E-state index contributed by atoms with van der Waals surface area (Å²) in [5.74, 6) is 0.693. The first-order valence-corrected chi connectivity index (χ1v) is 8.55. The SMILES string of the molecule is COCCN1CCC[C@@](O)(CN2CC(Oc3ccccc3)C2)C1=O. The first-order valence-electron chi connectivity index (χ1n) is 8.55. The number of hydrogen-bond donors (Lipinski definition) is 1. The molecule has 2 heterocycles. The number of benzene rings is 1. The second-order valence-electron chi connectivity index (χ2n) is 6.67. The highest BCUT2D eigenvalue weighted by molar-refractivity contribution is 5.86. The van der Waals surface area contributed by atoms with Crippen molar-refractivity contribution in [2.75, 3.05) is 46.4 Å². The van der Waals surface area contributed by atoms with Crippen LogP contribution in [0.15, 0.2) is 30.3 Å². The zero-order valence-corrected chi connectivity index (χ0v) is 14.2. The van der Waals surface area contributed by atoms with Gasteiger partial charge in [0.1, 0.15) is 11.9 Å². The molecule has 1 N–H and O–H groups in total. The van der Waals surface area contributed by atoms with E-state index in [0.717, 1.165) is 25.3 Å². The number of piperidine rings is 1. The quantitative estimate of drug-likeness (QED) is 0.797. The van der Waals surface area contributed by atoms with Crippen molar-refractivity contribution in [3.05, 3.63) is 30.3 Å². The van der Waals surface area contributed by atoms with Gasteiger partial charge in [0.15, 0.2) is 5.60 Å². The van der Waals surface area contributed by atoms with Gasteiger partial charge in [-0.15, -0.1) is 0 Å². The number of rotatable bonds is 7. The predicted octanol–water partition coefficient (Wildman–Crippen LogP) is 0.750. The Bertz CT molecular complexity index is 547. The summed E-state index contributed by atoms with van der Waals surface area (Å²) in [5, 5.41) is 10.8. The molecule has 6 heteroatoms. The molecule has 1 amide bonds. The molecule has 2 fully saturated rings. The van der Waals surface area contributed by atoms with Crippen LogP contribution in [0.4, 0.5) is 0 Å². The zero-order valence-electron chi connectivity index (χ0n) is 14.2. The summed E-state index contributed by atoms with van der Waals surface area (Å²) < 4.78 is 10.9. The lowest BCUT2D eigenvalue weighted by atomic mass is 9.90. The Hall–Kier alpha value is -1.63. The summed E-state index contributed by atoms with van der Waals surface area (Å²) >= 11 is 0. The molecule has 0 radical (unpaired) electrons. The summed E-state index contributed by atoms with van der Waals surface area (Å²) in [7, 11) is 1.62. The third-order valence-corrected chi connectivity index (χ3v) is 4.72. The van der Waals surface area contributed by atoms with E-state index in [0.29, 0.717) is 32.7 Å². The smallest absolute Gasteiger partial charge is 0.255 e. The number of methoxy groups -OCH3 is 1. The van der Waals surface area contributed by atoms with Crippen LogP contribution in [0.1, 0.15) is 12.8 Å². The summed E-state index contributed by atoms with van der Waals surface area (Å²) in [6.45, 7) is 3.59. The standard InChI is InChI=1S/C18H26N2O4/c1-23-11-10-20-9-5-8-18(22,17(20)21)14-19-12-16(13-19)24-15-6-3-2-4-7-15/h2-4,6-7,16,22H,5,8-14H2,1H3/t18-/m1/s1. The molecule has 2 saturated heterocycles. The first kappa shape index (κ1) is 17.2. The van der Waals surface area contributed by atoms with Crippen LogP contribution in [0.5, 0.6) is 5.75 Å². The second-order valence-corrected chi connectivity index (χ2v) is 6.67. The van der Waals surface area contributed by atoms with Gasteiger partial charge in [0, 0.05) is 39.8 Å². The van der Waals surface area contributed by atoms with Gasteiger partial charge in [0.25, 0.3) is 5.91 Å². The molecule has 2 aliphatic heterocycles. The van der Waals surface area contributed by atoms with Gasteiger partial charge in [-0.25, -0.2) is 0 Å². The minimum Gasteiger partial charge on any atom is -0.488 e. The van der Waals surface area contributed by atoms with Gasteiger partial charge >= 0.3 is 0 Å². The van der Waals surface area contributed by atoms with Crippen molar-refractivity contribution in [3.63, 3.8) is 0 Å². The van der Waals surface area contributed by atoms with Crippen LogP contribution in [0.25, 0.3) is 0 Å². The van der Waals surface area contributed by atoms with Crippen LogP contribution in [0, 0.1) is 0 Å². The van der Waals surface area contributed by atoms with E-state index >= 15 is 0 Å². The van der Waals surface area contributed by atoms with Crippen molar-refractivity contribution >= 4 is 5.91 Å². The average Bonchev–Trinajstić information content (AvgIpc) is 2.55. The van der Waals surface area contributed by atoms with Gasteiger partial charge in [0.05, 0.1) is 6.61 Å². The molecule has 1 aromatic rings. The first-order chi connectivity index (χ1) is 11.6. The zero-order chi connectivity index (χ0) is 17.0. The van der Waals surface area contributed by atoms with Crippen molar-refractivity contribution in [3.8, 4) is 5.75 Å². The van der Waals surface area contributed by atoms with Gasteiger partial charge in [-0.2, -0.15) is 0 Å². The molecule has 2 aliphatic rings.